The highest BCUT2D eigenvalue weighted by molar-refractivity contribution is 7.10. The maximum Gasteiger partial charge on any atom is 0.338 e. The standard InChI is InChI=1S/C21H17ClN2O3S2/c1-3-27-20(26)17-12(2)23-21-24(18(17)15-9-6-10-28-15)19(25)16(29-21)11-13-7-4-5-8-14(13)22/h4-11,18H,3H2,1-2H3. The molecule has 0 amide bonds. The van der Waals surface area contributed by atoms with E-state index in [9.17, 15) is 9.59 Å². The number of carbonyl (C=O) groups excluding carboxylic acids is 1. The van der Waals surface area contributed by atoms with Crippen LogP contribution in [0.25, 0.3) is 6.08 Å². The molecule has 1 aliphatic heterocycles. The first-order valence-corrected chi connectivity index (χ1v) is 11.1. The van der Waals surface area contributed by atoms with Crippen LogP contribution in [0.4, 0.5) is 0 Å². The molecule has 0 fully saturated rings. The summed E-state index contributed by atoms with van der Waals surface area (Å²) in [7, 11) is 0. The highest BCUT2D eigenvalue weighted by atomic mass is 35.5. The van der Waals surface area contributed by atoms with Crippen LogP contribution in [-0.4, -0.2) is 17.1 Å². The minimum atomic E-state index is -0.557. The molecule has 4 rings (SSSR count). The second kappa shape index (κ2) is 8.10. The first-order chi connectivity index (χ1) is 14.0. The number of rotatable bonds is 4. The van der Waals surface area contributed by atoms with Gasteiger partial charge in [-0.1, -0.05) is 47.2 Å². The molecule has 29 heavy (non-hydrogen) atoms. The number of halogens is 1. The zero-order valence-electron chi connectivity index (χ0n) is 15.7. The fourth-order valence-electron chi connectivity index (χ4n) is 3.24. The number of thiazole rings is 1. The fourth-order valence-corrected chi connectivity index (χ4v) is 5.29. The molecule has 0 aliphatic carbocycles. The van der Waals surface area contributed by atoms with Crippen molar-refractivity contribution in [1.29, 1.82) is 0 Å². The van der Waals surface area contributed by atoms with E-state index >= 15 is 0 Å². The summed E-state index contributed by atoms with van der Waals surface area (Å²) < 4.78 is 7.36. The Balaban J connectivity index is 1.96. The Morgan fingerprint density at radius 1 is 1.31 bits per heavy atom. The molecule has 5 nitrogen and oxygen atoms in total. The van der Waals surface area contributed by atoms with Crippen molar-refractivity contribution >= 4 is 46.3 Å². The molecule has 3 heterocycles. The predicted octanol–water partition coefficient (Wildman–Crippen LogP) is 3.51. The average molecular weight is 445 g/mol. The molecule has 1 aliphatic rings. The van der Waals surface area contributed by atoms with Crippen molar-refractivity contribution in [2.45, 2.75) is 19.9 Å². The van der Waals surface area contributed by atoms with Crippen LogP contribution in [0.1, 0.15) is 30.3 Å². The monoisotopic (exact) mass is 444 g/mol. The molecule has 1 atom stereocenters. The smallest absolute Gasteiger partial charge is 0.338 e. The number of hydrogen-bond acceptors (Lipinski definition) is 6. The molecule has 0 saturated carbocycles. The molecular weight excluding hydrogens is 428 g/mol. The van der Waals surface area contributed by atoms with Crippen molar-refractivity contribution < 1.29 is 9.53 Å². The van der Waals surface area contributed by atoms with E-state index in [0.717, 1.165) is 10.4 Å². The van der Waals surface area contributed by atoms with Gasteiger partial charge < -0.3 is 4.74 Å². The summed E-state index contributed by atoms with van der Waals surface area (Å²) in [5.74, 6) is -0.451. The number of esters is 1. The molecule has 0 spiro atoms. The largest absolute Gasteiger partial charge is 0.463 e. The van der Waals surface area contributed by atoms with E-state index in [4.69, 9.17) is 16.3 Å². The van der Waals surface area contributed by atoms with Gasteiger partial charge in [-0.2, -0.15) is 0 Å². The van der Waals surface area contributed by atoms with Crippen molar-refractivity contribution in [3.63, 3.8) is 0 Å². The van der Waals surface area contributed by atoms with Gasteiger partial charge in [0.1, 0.15) is 6.04 Å². The number of ether oxygens (including phenoxy) is 1. The summed E-state index contributed by atoms with van der Waals surface area (Å²) in [6.45, 7) is 3.79. The van der Waals surface area contributed by atoms with Crippen LogP contribution >= 0.6 is 34.3 Å². The summed E-state index contributed by atoms with van der Waals surface area (Å²) in [5, 5.41) is 2.49. The highest BCUT2D eigenvalue weighted by Gasteiger charge is 2.33. The van der Waals surface area contributed by atoms with Crippen LogP contribution in [0.15, 0.2) is 62.8 Å². The molecule has 0 radical (unpaired) electrons. The van der Waals surface area contributed by atoms with Gasteiger partial charge in [-0.3, -0.25) is 9.36 Å². The molecule has 1 aromatic carbocycles. The van der Waals surface area contributed by atoms with Crippen molar-refractivity contribution in [2.24, 2.45) is 4.99 Å². The Hall–Kier alpha value is -2.48. The van der Waals surface area contributed by atoms with Crippen LogP contribution in [0.5, 0.6) is 0 Å². The molecular formula is C21H17ClN2O3S2. The normalized spacial score (nSPS) is 16.5. The molecule has 1 unspecified atom stereocenters. The van der Waals surface area contributed by atoms with Gasteiger partial charge in [-0.25, -0.2) is 9.79 Å². The zero-order chi connectivity index (χ0) is 20.5. The lowest BCUT2D eigenvalue weighted by Crippen LogP contribution is -2.39. The topological polar surface area (TPSA) is 60.7 Å². The van der Waals surface area contributed by atoms with E-state index in [1.54, 1.807) is 30.6 Å². The van der Waals surface area contributed by atoms with E-state index in [2.05, 4.69) is 4.99 Å². The molecule has 0 N–H and O–H groups in total. The Morgan fingerprint density at radius 2 is 2.10 bits per heavy atom. The molecule has 148 valence electrons. The van der Waals surface area contributed by atoms with E-state index in [0.29, 0.717) is 25.6 Å². The number of aromatic nitrogens is 1. The summed E-state index contributed by atoms with van der Waals surface area (Å²) >= 11 is 9.03. The van der Waals surface area contributed by atoms with E-state index in [-0.39, 0.29) is 12.2 Å². The first-order valence-electron chi connectivity index (χ1n) is 8.99. The van der Waals surface area contributed by atoms with Gasteiger partial charge in [0.05, 0.1) is 22.4 Å². The number of allylic oxidation sites excluding steroid dienone is 1. The van der Waals surface area contributed by atoms with Gasteiger partial charge in [0.2, 0.25) is 0 Å². The van der Waals surface area contributed by atoms with Gasteiger partial charge in [-0.15, -0.1) is 11.3 Å². The molecule has 2 aromatic heterocycles. The lowest BCUT2D eigenvalue weighted by molar-refractivity contribution is -0.139. The molecule has 3 aromatic rings. The van der Waals surface area contributed by atoms with E-state index in [1.807, 2.05) is 35.7 Å². The fraction of sp³-hybridized carbons (Fsp3) is 0.190. The van der Waals surface area contributed by atoms with Crippen LogP contribution in [-0.2, 0) is 9.53 Å². The van der Waals surface area contributed by atoms with Crippen molar-refractivity contribution in [2.75, 3.05) is 6.61 Å². The van der Waals surface area contributed by atoms with Crippen molar-refractivity contribution in [3.05, 3.63) is 88.2 Å². The lowest BCUT2D eigenvalue weighted by atomic mass is 10.0. The third kappa shape index (κ3) is 3.61. The Kier molecular flexibility index (Phi) is 5.54. The van der Waals surface area contributed by atoms with Crippen molar-refractivity contribution in [3.8, 4) is 0 Å². The molecule has 8 heteroatoms. The minimum absolute atomic E-state index is 0.207. The van der Waals surface area contributed by atoms with Gasteiger partial charge in [0.15, 0.2) is 4.80 Å². The Labute approximate surface area is 179 Å². The quantitative estimate of drug-likeness (QED) is 0.578. The van der Waals surface area contributed by atoms with Crippen molar-refractivity contribution in [1.82, 2.24) is 4.57 Å². The van der Waals surface area contributed by atoms with E-state index in [1.165, 1.54) is 22.7 Å². The Bertz CT molecular complexity index is 1290. The number of hydrogen-bond donors (Lipinski definition) is 0. The maximum atomic E-state index is 13.3. The predicted molar refractivity (Wildman–Crippen MR) is 116 cm³/mol. The SMILES string of the molecule is CCOC(=O)C1=C(C)N=c2sc(=Cc3ccccc3Cl)c(=O)n2C1c1cccs1. The van der Waals surface area contributed by atoms with Gasteiger partial charge >= 0.3 is 5.97 Å². The summed E-state index contributed by atoms with van der Waals surface area (Å²) in [5.41, 5.74) is 1.51. The number of carbonyl (C=O) groups is 1. The highest BCUT2D eigenvalue weighted by Crippen LogP contribution is 2.33. The van der Waals surface area contributed by atoms with Gasteiger partial charge in [0, 0.05) is 9.90 Å². The Morgan fingerprint density at radius 3 is 2.79 bits per heavy atom. The average Bonchev–Trinajstić information content (AvgIpc) is 3.32. The second-order valence-corrected chi connectivity index (χ2v) is 8.73. The van der Waals surface area contributed by atoms with Crippen LogP contribution in [0.3, 0.4) is 0 Å². The summed E-state index contributed by atoms with van der Waals surface area (Å²) in [6.07, 6.45) is 1.76. The van der Waals surface area contributed by atoms with Crippen LogP contribution in [0, 0.1) is 0 Å². The first kappa shape index (κ1) is 19.8. The third-order valence-electron chi connectivity index (χ3n) is 4.52. The number of benzene rings is 1. The van der Waals surface area contributed by atoms with E-state index < -0.39 is 12.0 Å². The van der Waals surface area contributed by atoms with Crippen LogP contribution in [0.2, 0.25) is 5.02 Å². The minimum Gasteiger partial charge on any atom is -0.463 e. The molecule has 0 bridgehead atoms. The third-order valence-corrected chi connectivity index (χ3v) is 6.77. The number of thiophene rings is 1. The van der Waals surface area contributed by atoms with Gasteiger partial charge in [-0.05, 0) is 43.0 Å². The summed E-state index contributed by atoms with van der Waals surface area (Å²) in [6, 6.07) is 10.6. The zero-order valence-corrected chi connectivity index (χ0v) is 18.1. The maximum absolute atomic E-state index is 13.3. The number of nitrogens with zero attached hydrogens (tertiary/aromatic N) is 2. The van der Waals surface area contributed by atoms with Crippen LogP contribution < -0.4 is 14.9 Å². The second-order valence-electron chi connectivity index (χ2n) is 6.34. The van der Waals surface area contributed by atoms with Gasteiger partial charge in [0.25, 0.3) is 5.56 Å². The molecule has 0 saturated heterocycles. The number of fused-ring (bicyclic) bond motifs is 1. The summed E-state index contributed by atoms with van der Waals surface area (Å²) in [4.78, 5) is 32.0. The lowest BCUT2D eigenvalue weighted by Gasteiger charge is -2.23.